The van der Waals surface area contributed by atoms with Gasteiger partial charge in [0.15, 0.2) is 12.2 Å². The van der Waals surface area contributed by atoms with E-state index < -0.39 is 54.6 Å². The number of H-pyrrole nitrogens is 1. The first-order valence-electron chi connectivity index (χ1n) is 12.2. The van der Waals surface area contributed by atoms with Crippen LogP contribution in [0.3, 0.4) is 0 Å². The Balaban J connectivity index is 1.98. The van der Waals surface area contributed by atoms with Gasteiger partial charge < -0.3 is 38.3 Å². The monoisotopic (exact) mass is 534 g/mol. The van der Waals surface area contributed by atoms with Gasteiger partial charge in [-0.1, -0.05) is 0 Å². The third-order valence-corrected chi connectivity index (χ3v) is 5.77. The van der Waals surface area contributed by atoms with E-state index in [0.717, 1.165) is 43.3 Å². The Labute approximate surface area is 220 Å². The van der Waals surface area contributed by atoms with Gasteiger partial charge in [-0.05, 0) is 44.3 Å². The summed E-state index contributed by atoms with van der Waals surface area (Å²) >= 11 is 0. The van der Waals surface area contributed by atoms with Crippen LogP contribution in [0, 0.1) is 0 Å². The van der Waals surface area contributed by atoms with Crippen molar-refractivity contribution in [2.75, 3.05) is 27.2 Å². The van der Waals surface area contributed by atoms with E-state index in [1.54, 1.807) is 6.07 Å². The Bertz CT molecular complexity index is 1160. The predicted molar refractivity (Wildman–Crippen MR) is 133 cm³/mol. The second kappa shape index (κ2) is 12.7. The molecule has 0 saturated carbocycles. The average Bonchev–Trinajstić information content (AvgIpc) is 3.21. The van der Waals surface area contributed by atoms with Crippen molar-refractivity contribution in [1.29, 1.82) is 0 Å². The summed E-state index contributed by atoms with van der Waals surface area (Å²) in [6, 6.07) is 5.38. The van der Waals surface area contributed by atoms with Crippen LogP contribution in [0.1, 0.15) is 33.3 Å². The molecule has 0 spiro atoms. The third kappa shape index (κ3) is 7.68. The summed E-state index contributed by atoms with van der Waals surface area (Å²) in [7, 11) is 3.99. The van der Waals surface area contributed by atoms with Crippen molar-refractivity contribution < 1.29 is 47.6 Å². The lowest BCUT2D eigenvalue weighted by Crippen LogP contribution is -2.63. The van der Waals surface area contributed by atoms with E-state index in [0.29, 0.717) is 5.75 Å². The van der Waals surface area contributed by atoms with E-state index in [1.165, 1.54) is 13.8 Å². The molecule has 208 valence electrons. The van der Waals surface area contributed by atoms with Gasteiger partial charge in [0.05, 0.1) is 0 Å². The standard InChI is InChI=1S/C26H34N2O10/c1-14(29)33-13-22-23(34-15(2)30)24(35-16(3)31)25(36-17(4)32)26(38-22)37-19-7-8-21-20(11-19)18(12-27-21)9-10-28(5)6/h7-8,11-12,22-27H,9-10,13H2,1-6H3/t22-,23-,24+,25-,26-/m1/s1. The lowest BCUT2D eigenvalue weighted by molar-refractivity contribution is -0.288. The van der Waals surface area contributed by atoms with Gasteiger partial charge in [-0.2, -0.15) is 0 Å². The first-order valence-corrected chi connectivity index (χ1v) is 12.2. The molecule has 0 aliphatic carbocycles. The van der Waals surface area contributed by atoms with E-state index in [1.807, 2.05) is 32.4 Å². The highest BCUT2D eigenvalue weighted by Crippen LogP contribution is 2.32. The van der Waals surface area contributed by atoms with Crippen LogP contribution in [0.15, 0.2) is 24.4 Å². The van der Waals surface area contributed by atoms with Gasteiger partial charge in [-0.3, -0.25) is 19.2 Å². The number of hydrogen-bond donors (Lipinski definition) is 1. The fourth-order valence-corrected chi connectivity index (χ4v) is 4.20. The first-order chi connectivity index (χ1) is 17.9. The zero-order chi connectivity index (χ0) is 28.0. The predicted octanol–water partition coefficient (Wildman–Crippen LogP) is 1.73. The molecule has 1 aromatic heterocycles. The topological polar surface area (TPSA) is 143 Å². The van der Waals surface area contributed by atoms with Crippen LogP contribution in [0.2, 0.25) is 0 Å². The van der Waals surface area contributed by atoms with Crippen LogP contribution in [-0.4, -0.2) is 91.7 Å². The number of ether oxygens (including phenoxy) is 6. The lowest BCUT2D eigenvalue weighted by Gasteiger charge is -2.43. The number of rotatable bonds is 10. The average molecular weight is 535 g/mol. The van der Waals surface area contributed by atoms with Crippen molar-refractivity contribution in [3.8, 4) is 5.75 Å². The Morgan fingerprint density at radius 3 is 2.13 bits per heavy atom. The molecule has 1 N–H and O–H groups in total. The van der Waals surface area contributed by atoms with Gasteiger partial charge in [0.1, 0.15) is 18.5 Å². The van der Waals surface area contributed by atoms with Gasteiger partial charge >= 0.3 is 23.9 Å². The molecule has 38 heavy (non-hydrogen) atoms. The van der Waals surface area contributed by atoms with Crippen molar-refractivity contribution in [2.24, 2.45) is 0 Å². The molecule has 0 unspecified atom stereocenters. The van der Waals surface area contributed by atoms with Crippen molar-refractivity contribution in [3.63, 3.8) is 0 Å². The number of carbonyl (C=O) groups excluding carboxylic acids is 4. The number of aromatic nitrogens is 1. The minimum atomic E-state index is -1.30. The zero-order valence-electron chi connectivity index (χ0n) is 22.3. The number of nitrogens with one attached hydrogen (secondary N) is 1. The van der Waals surface area contributed by atoms with Gasteiger partial charge in [0.2, 0.25) is 12.4 Å². The van der Waals surface area contributed by atoms with Crippen LogP contribution in [0.4, 0.5) is 0 Å². The van der Waals surface area contributed by atoms with Crippen LogP contribution in [0.5, 0.6) is 5.75 Å². The van der Waals surface area contributed by atoms with Crippen LogP contribution in [-0.2, 0) is 49.3 Å². The lowest BCUT2D eigenvalue weighted by atomic mass is 9.98. The maximum atomic E-state index is 12.0. The molecule has 0 amide bonds. The number of carbonyl (C=O) groups is 4. The fourth-order valence-electron chi connectivity index (χ4n) is 4.20. The first kappa shape index (κ1) is 28.9. The number of benzene rings is 1. The molecule has 2 heterocycles. The smallest absolute Gasteiger partial charge is 0.303 e. The summed E-state index contributed by atoms with van der Waals surface area (Å²) in [5.41, 5.74) is 1.99. The molecule has 1 aliphatic heterocycles. The molecule has 5 atom stereocenters. The van der Waals surface area contributed by atoms with E-state index >= 15 is 0 Å². The van der Waals surface area contributed by atoms with Crippen molar-refractivity contribution in [3.05, 3.63) is 30.0 Å². The number of esters is 4. The molecule has 2 aromatic rings. The highest BCUT2D eigenvalue weighted by molar-refractivity contribution is 5.84. The van der Waals surface area contributed by atoms with Crippen molar-refractivity contribution in [2.45, 2.75) is 64.8 Å². The number of likely N-dealkylation sites (N-methyl/N-ethyl adjacent to an activating group) is 1. The molecule has 1 saturated heterocycles. The highest BCUT2D eigenvalue weighted by Gasteiger charge is 2.53. The minimum Gasteiger partial charge on any atom is -0.463 e. The van der Waals surface area contributed by atoms with Gasteiger partial charge in [0, 0.05) is 51.3 Å². The summed E-state index contributed by atoms with van der Waals surface area (Å²) in [5.74, 6) is -2.31. The SMILES string of the molecule is CC(=O)OC[C@H]1O[C@@H](Oc2ccc3[nH]cc(CCN(C)C)c3c2)[C@H](OC(C)=O)[C@@H](OC(C)=O)[C@@H]1OC(C)=O. The quantitative estimate of drug-likeness (QED) is 0.352. The number of fused-ring (bicyclic) bond motifs is 1. The summed E-state index contributed by atoms with van der Waals surface area (Å²) in [6.07, 6.45) is -3.49. The molecule has 1 fully saturated rings. The Morgan fingerprint density at radius 1 is 0.895 bits per heavy atom. The zero-order valence-corrected chi connectivity index (χ0v) is 22.3. The van der Waals surface area contributed by atoms with E-state index in [-0.39, 0.29) is 6.61 Å². The summed E-state index contributed by atoms with van der Waals surface area (Å²) < 4.78 is 33.6. The second-order valence-electron chi connectivity index (χ2n) is 9.26. The highest BCUT2D eigenvalue weighted by atomic mass is 16.7. The normalized spacial score (nSPS) is 23.1. The Morgan fingerprint density at radius 2 is 1.53 bits per heavy atom. The minimum absolute atomic E-state index is 0.330. The number of hydrogen-bond acceptors (Lipinski definition) is 11. The molecule has 0 radical (unpaired) electrons. The molecule has 1 aromatic carbocycles. The largest absolute Gasteiger partial charge is 0.463 e. The molecule has 1 aliphatic rings. The molecule has 3 rings (SSSR count). The molecular formula is C26H34N2O10. The fraction of sp³-hybridized carbons (Fsp3) is 0.538. The van der Waals surface area contributed by atoms with Gasteiger partial charge in [-0.15, -0.1) is 0 Å². The van der Waals surface area contributed by atoms with Crippen LogP contribution in [0.25, 0.3) is 10.9 Å². The van der Waals surface area contributed by atoms with Crippen molar-refractivity contribution >= 4 is 34.8 Å². The Hall–Kier alpha value is -3.64. The maximum absolute atomic E-state index is 12.0. The van der Waals surface area contributed by atoms with Gasteiger partial charge in [0.25, 0.3) is 0 Å². The van der Waals surface area contributed by atoms with E-state index in [9.17, 15) is 19.2 Å². The second-order valence-corrected chi connectivity index (χ2v) is 9.26. The molecule has 12 heteroatoms. The maximum Gasteiger partial charge on any atom is 0.303 e. The van der Waals surface area contributed by atoms with Crippen LogP contribution >= 0.6 is 0 Å². The summed E-state index contributed by atoms with van der Waals surface area (Å²) in [6.45, 7) is 5.23. The molecule has 12 nitrogen and oxygen atoms in total. The summed E-state index contributed by atoms with van der Waals surface area (Å²) in [5, 5.41) is 0.940. The van der Waals surface area contributed by atoms with Crippen LogP contribution < -0.4 is 4.74 Å². The van der Waals surface area contributed by atoms with Gasteiger partial charge in [-0.25, -0.2) is 0 Å². The third-order valence-electron chi connectivity index (χ3n) is 5.77. The summed E-state index contributed by atoms with van der Waals surface area (Å²) in [4.78, 5) is 52.7. The number of nitrogens with zero attached hydrogens (tertiary/aromatic N) is 1. The molecule has 0 bridgehead atoms. The van der Waals surface area contributed by atoms with E-state index in [2.05, 4.69) is 9.88 Å². The van der Waals surface area contributed by atoms with E-state index in [4.69, 9.17) is 28.4 Å². The van der Waals surface area contributed by atoms with Crippen molar-refractivity contribution in [1.82, 2.24) is 9.88 Å². The number of aromatic amines is 1. The molecular weight excluding hydrogens is 500 g/mol. The Kier molecular flexibility index (Phi) is 9.70.